The molecule has 7 nitrogen and oxygen atoms in total. The van der Waals surface area contributed by atoms with E-state index >= 15 is 0 Å². The summed E-state index contributed by atoms with van der Waals surface area (Å²) in [6.45, 7) is 9.64. The average molecular weight is 348 g/mol. The minimum absolute atomic E-state index is 0.189. The van der Waals surface area contributed by atoms with Crippen molar-refractivity contribution in [1.29, 1.82) is 0 Å². The normalized spacial score (nSPS) is 18.0. The Balaban J connectivity index is 2.07. The summed E-state index contributed by atoms with van der Waals surface area (Å²) in [4.78, 5) is 32.1. The lowest BCUT2D eigenvalue weighted by molar-refractivity contribution is 0.0213. The first-order chi connectivity index (χ1) is 11.7. The van der Waals surface area contributed by atoms with Gasteiger partial charge in [0.1, 0.15) is 11.3 Å². The first-order valence-electron chi connectivity index (χ1n) is 8.68. The van der Waals surface area contributed by atoms with Crippen LogP contribution in [0.25, 0.3) is 0 Å². The number of pyridine rings is 1. The Kier molecular flexibility index (Phi) is 5.87. The summed E-state index contributed by atoms with van der Waals surface area (Å²) in [5, 5.41) is 2.56. The first-order valence-corrected chi connectivity index (χ1v) is 8.68. The Morgan fingerprint density at radius 3 is 2.56 bits per heavy atom. The smallest absolute Gasteiger partial charge is 0.410 e. The minimum Gasteiger partial charge on any atom is -0.444 e. The molecular weight excluding hydrogens is 320 g/mol. The standard InChI is InChI=1S/C18H28N4O3/c1-6-13-12-21(17(24)25-18(2,3)4)9-10-22(13)14-7-8-15(20-11-14)16(23)19-5/h7-8,11,13H,6,9-10,12H2,1-5H3,(H,19,23)/t13-/m1/s1. The van der Waals surface area contributed by atoms with E-state index in [2.05, 4.69) is 22.1 Å². The Labute approximate surface area is 149 Å². The molecule has 0 unspecified atom stereocenters. The van der Waals surface area contributed by atoms with Crippen molar-refractivity contribution in [2.45, 2.75) is 45.8 Å². The fraction of sp³-hybridized carbons (Fsp3) is 0.611. The van der Waals surface area contributed by atoms with Crippen molar-refractivity contribution < 1.29 is 14.3 Å². The molecule has 1 aliphatic rings. The molecule has 2 heterocycles. The van der Waals surface area contributed by atoms with E-state index in [-0.39, 0.29) is 18.0 Å². The number of anilines is 1. The molecule has 0 aliphatic carbocycles. The van der Waals surface area contributed by atoms with E-state index in [1.165, 1.54) is 0 Å². The van der Waals surface area contributed by atoms with Crippen LogP contribution in [0.15, 0.2) is 18.3 Å². The molecule has 0 radical (unpaired) electrons. The second-order valence-electron chi connectivity index (χ2n) is 7.16. The van der Waals surface area contributed by atoms with Crippen molar-refractivity contribution in [3.05, 3.63) is 24.0 Å². The lowest BCUT2D eigenvalue weighted by Crippen LogP contribution is -2.55. The van der Waals surface area contributed by atoms with Crippen molar-refractivity contribution in [2.75, 3.05) is 31.6 Å². The number of carbonyl (C=O) groups excluding carboxylic acids is 2. The molecule has 1 aromatic heterocycles. The van der Waals surface area contributed by atoms with Crippen LogP contribution >= 0.6 is 0 Å². The molecule has 1 saturated heterocycles. The first kappa shape index (κ1) is 19.0. The van der Waals surface area contributed by atoms with E-state index in [0.717, 1.165) is 12.1 Å². The fourth-order valence-corrected chi connectivity index (χ4v) is 2.86. The number of hydrogen-bond acceptors (Lipinski definition) is 5. The van der Waals surface area contributed by atoms with Gasteiger partial charge in [-0.05, 0) is 39.3 Å². The van der Waals surface area contributed by atoms with E-state index in [0.29, 0.717) is 25.3 Å². The number of rotatable bonds is 3. The molecule has 0 saturated carbocycles. The molecule has 7 heteroatoms. The highest BCUT2D eigenvalue weighted by Gasteiger charge is 2.31. The number of nitrogens with zero attached hydrogens (tertiary/aromatic N) is 3. The number of aromatic nitrogens is 1. The number of piperazine rings is 1. The fourth-order valence-electron chi connectivity index (χ4n) is 2.86. The highest BCUT2D eigenvalue weighted by Crippen LogP contribution is 2.23. The maximum Gasteiger partial charge on any atom is 0.410 e. The van der Waals surface area contributed by atoms with Gasteiger partial charge in [-0.2, -0.15) is 0 Å². The van der Waals surface area contributed by atoms with Crippen LogP contribution in [0, 0.1) is 0 Å². The zero-order valence-corrected chi connectivity index (χ0v) is 15.7. The zero-order chi connectivity index (χ0) is 18.6. The van der Waals surface area contributed by atoms with Gasteiger partial charge in [-0.25, -0.2) is 9.78 Å². The monoisotopic (exact) mass is 348 g/mol. The molecule has 1 aromatic rings. The van der Waals surface area contributed by atoms with E-state index in [4.69, 9.17) is 4.74 Å². The van der Waals surface area contributed by atoms with Crippen molar-refractivity contribution in [1.82, 2.24) is 15.2 Å². The largest absolute Gasteiger partial charge is 0.444 e. The van der Waals surface area contributed by atoms with Gasteiger partial charge in [-0.1, -0.05) is 6.92 Å². The summed E-state index contributed by atoms with van der Waals surface area (Å²) in [6, 6.07) is 3.82. The third-order valence-corrected chi connectivity index (χ3v) is 4.14. The van der Waals surface area contributed by atoms with Gasteiger partial charge in [0.05, 0.1) is 11.9 Å². The molecular formula is C18H28N4O3. The summed E-state index contributed by atoms with van der Waals surface area (Å²) in [7, 11) is 1.58. The molecule has 25 heavy (non-hydrogen) atoms. The SMILES string of the molecule is CC[C@@H]1CN(C(=O)OC(C)(C)C)CCN1c1ccc(C(=O)NC)nc1. The summed E-state index contributed by atoms with van der Waals surface area (Å²) in [5.74, 6) is -0.201. The lowest BCUT2D eigenvalue weighted by atomic mass is 10.1. The lowest BCUT2D eigenvalue weighted by Gasteiger charge is -2.42. The summed E-state index contributed by atoms with van der Waals surface area (Å²) in [5.41, 5.74) is 0.866. The maximum atomic E-state index is 12.3. The number of ether oxygens (including phenoxy) is 1. The van der Waals surface area contributed by atoms with Crippen molar-refractivity contribution in [3.8, 4) is 0 Å². The van der Waals surface area contributed by atoms with Crippen LogP contribution in [0.2, 0.25) is 0 Å². The Morgan fingerprint density at radius 2 is 2.04 bits per heavy atom. The third-order valence-electron chi connectivity index (χ3n) is 4.14. The molecule has 2 rings (SSSR count). The van der Waals surface area contributed by atoms with E-state index in [1.54, 1.807) is 24.2 Å². The average Bonchev–Trinajstić information content (AvgIpc) is 2.59. The second-order valence-corrected chi connectivity index (χ2v) is 7.16. The molecule has 0 bridgehead atoms. The second kappa shape index (κ2) is 7.72. The predicted molar refractivity (Wildman–Crippen MR) is 96.9 cm³/mol. The summed E-state index contributed by atoms with van der Waals surface area (Å²) >= 11 is 0. The number of amides is 2. The maximum absolute atomic E-state index is 12.3. The molecule has 2 amide bonds. The van der Waals surface area contributed by atoms with Crippen LogP contribution in [-0.4, -0.2) is 60.2 Å². The molecule has 1 aliphatic heterocycles. The quantitative estimate of drug-likeness (QED) is 0.907. The predicted octanol–water partition coefficient (Wildman–Crippen LogP) is 2.28. The van der Waals surface area contributed by atoms with Gasteiger partial charge in [0.25, 0.3) is 5.91 Å². The van der Waals surface area contributed by atoms with Gasteiger partial charge >= 0.3 is 6.09 Å². The van der Waals surface area contributed by atoms with Crippen LogP contribution in [0.1, 0.15) is 44.6 Å². The number of carbonyl (C=O) groups is 2. The molecule has 1 N–H and O–H groups in total. The molecule has 0 spiro atoms. The zero-order valence-electron chi connectivity index (χ0n) is 15.7. The Hall–Kier alpha value is -2.31. The summed E-state index contributed by atoms with van der Waals surface area (Å²) < 4.78 is 5.48. The van der Waals surface area contributed by atoms with Gasteiger partial charge in [0.2, 0.25) is 0 Å². The van der Waals surface area contributed by atoms with E-state index in [1.807, 2.05) is 26.8 Å². The van der Waals surface area contributed by atoms with Crippen LogP contribution in [-0.2, 0) is 4.74 Å². The topological polar surface area (TPSA) is 74.8 Å². The van der Waals surface area contributed by atoms with Crippen LogP contribution in [0.5, 0.6) is 0 Å². The summed E-state index contributed by atoms with van der Waals surface area (Å²) in [6.07, 6.45) is 2.35. The van der Waals surface area contributed by atoms with Crippen molar-refractivity contribution >= 4 is 17.7 Å². The highest BCUT2D eigenvalue weighted by atomic mass is 16.6. The molecule has 0 aromatic carbocycles. The van der Waals surface area contributed by atoms with Gasteiger partial charge in [-0.3, -0.25) is 4.79 Å². The van der Waals surface area contributed by atoms with Crippen molar-refractivity contribution in [2.24, 2.45) is 0 Å². The van der Waals surface area contributed by atoms with Crippen LogP contribution in [0.3, 0.4) is 0 Å². The number of hydrogen-bond donors (Lipinski definition) is 1. The van der Waals surface area contributed by atoms with Crippen LogP contribution in [0.4, 0.5) is 10.5 Å². The number of nitrogens with one attached hydrogen (secondary N) is 1. The van der Waals surface area contributed by atoms with Crippen LogP contribution < -0.4 is 10.2 Å². The van der Waals surface area contributed by atoms with E-state index in [9.17, 15) is 9.59 Å². The Bertz CT molecular complexity index is 610. The minimum atomic E-state index is -0.491. The van der Waals surface area contributed by atoms with Crippen molar-refractivity contribution in [3.63, 3.8) is 0 Å². The van der Waals surface area contributed by atoms with E-state index < -0.39 is 5.60 Å². The van der Waals surface area contributed by atoms with Gasteiger partial charge in [0, 0.05) is 32.7 Å². The third kappa shape index (κ3) is 4.84. The molecule has 138 valence electrons. The molecule has 1 atom stereocenters. The van der Waals surface area contributed by atoms with Gasteiger partial charge < -0.3 is 19.9 Å². The van der Waals surface area contributed by atoms with Gasteiger partial charge in [0.15, 0.2) is 0 Å². The Morgan fingerprint density at radius 1 is 1.32 bits per heavy atom. The van der Waals surface area contributed by atoms with Gasteiger partial charge in [-0.15, -0.1) is 0 Å². The molecule has 1 fully saturated rings. The highest BCUT2D eigenvalue weighted by molar-refractivity contribution is 5.92.